The van der Waals surface area contributed by atoms with E-state index in [1.807, 2.05) is 39.0 Å². The van der Waals surface area contributed by atoms with E-state index >= 15 is 0 Å². The van der Waals surface area contributed by atoms with Crippen molar-refractivity contribution in [3.63, 3.8) is 0 Å². The molecule has 0 saturated carbocycles. The second-order valence-corrected chi connectivity index (χ2v) is 6.41. The Hall–Kier alpha value is -2.28. The molecule has 1 N–H and O–H groups in total. The van der Waals surface area contributed by atoms with Crippen LogP contribution in [0.4, 0.5) is 5.69 Å². The lowest BCUT2D eigenvalue weighted by Crippen LogP contribution is -2.48. The average molecular weight is 332 g/mol. The Bertz CT molecular complexity index is 656. The highest BCUT2D eigenvalue weighted by Gasteiger charge is 2.25. The third-order valence-corrected chi connectivity index (χ3v) is 4.06. The Morgan fingerprint density at radius 3 is 2.52 bits per heavy atom. The minimum Gasteiger partial charge on any atom is -0.350 e. The highest BCUT2D eigenvalue weighted by molar-refractivity contribution is 7.03. The number of aromatic nitrogens is 2. The maximum Gasteiger partial charge on any atom is 0.280 e. The molecular formula is C16H20N4O2S. The van der Waals surface area contributed by atoms with Gasteiger partial charge in [0.1, 0.15) is 6.54 Å². The molecule has 1 aromatic heterocycles. The maximum absolute atomic E-state index is 12.6. The summed E-state index contributed by atoms with van der Waals surface area (Å²) < 4.78 is 3.71. The van der Waals surface area contributed by atoms with Crippen LogP contribution in [0.25, 0.3) is 0 Å². The molecule has 0 atom stereocenters. The number of amides is 2. The fraction of sp³-hybridized carbons (Fsp3) is 0.375. The van der Waals surface area contributed by atoms with E-state index in [1.165, 1.54) is 4.90 Å². The third kappa shape index (κ3) is 4.59. The summed E-state index contributed by atoms with van der Waals surface area (Å²) in [6.45, 7) is 5.83. The molecule has 0 aliphatic heterocycles. The lowest BCUT2D eigenvalue weighted by Gasteiger charge is -2.27. The van der Waals surface area contributed by atoms with E-state index in [9.17, 15) is 9.59 Å². The Morgan fingerprint density at radius 2 is 1.96 bits per heavy atom. The monoisotopic (exact) mass is 332 g/mol. The first-order chi connectivity index (χ1) is 10.9. The van der Waals surface area contributed by atoms with Crippen molar-refractivity contribution in [1.29, 1.82) is 0 Å². The highest BCUT2D eigenvalue weighted by Crippen LogP contribution is 2.17. The van der Waals surface area contributed by atoms with Gasteiger partial charge in [0.05, 0.1) is 0 Å². The number of anilines is 1. The first-order valence-electron chi connectivity index (χ1n) is 7.38. The van der Waals surface area contributed by atoms with Crippen molar-refractivity contribution in [2.24, 2.45) is 0 Å². The summed E-state index contributed by atoms with van der Waals surface area (Å²) in [5.41, 5.74) is 0.571. The fourth-order valence-corrected chi connectivity index (χ4v) is 2.36. The molecule has 122 valence electrons. The number of nitrogens with zero attached hydrogens (tertiary/aromatic N) is 3. The van der Waals surface area contributed by atoms with Gasteiger partial charge in [-0.1, -0.05) is 29.6 Å². The van der Waals surface area contributed by atoms with Crippen molar-refractivity contribution in [2.75, 3.05) is 11.4 Å². The fourth-order valence-electron chi connectivity index (χ4n) is 1.93. The Labute approximate surface area is 139 Å². The van der Waals surface area contributed by atoms with Gasteiger partial charge in [0, 0.05) is 16.6 Å². The van der Waals surface area contributed by atoms with Crippen LogP contribution in [0.5, 0.6) is 0 Å². The van der Waals surface area contributed by atoms with Gasteiger partial charge in [-0.2, -0.15) is 0 Å². The normalized spacial score (nSPS) is 11.1. The van der Waals surface area contributed by atoms with Crippen molar-refractivity contribution < 1.29 is 9.59 Å². The summed E-state index contributed by atoms with van der Waals surface area (Å²) in [6.07, 6.45) is 0.800. The number of nitrogens with one attached hydrogen (secondary N) is 1. The molecule has 2 amide bonds. The molecule has 0 unspecified atom stereocenters. The summed E-state index contributed by atoms with van der Waals surface area (Å²) in [5, 5.41) is 8.32. The van der Waals surface area contributed by atoms with Crippen LogP contribution < -0.4 is 10.2 Å². The van der Waals surface area contributed by atoms with Gasteiger partial charge >= 0.3 is 0 Å². The van der Waals surface area contributed by atoms with E-state index in [4.69, 9.17) is 0 Å². The SMILES string of the molecule is CCC(C)(C)NC(=O)CN(C(=O)c1csnn1)c1ccccc1. The second kappa shape index (κ2) is 7.32. The molecule has 0 spiro atoms. The molecule has 7 heteroatoms. The van der Waals surface area contributed by atoms with Gasteiger partial charge in [0.25, 0.3) is 5.91 Å². The van der Waals surface area contributed by atoms with Crippen LogP contribution in [0.15, 0.2) is 35.7 Å². The molecule has 0 aliphatic carbocycles. The van der Waals surface area contributed by atoms with E-state index in [0.29, 0.717) is 5.69 Å². The van der Waals surface area contributed by atoms with Crippen molar-refractivity contribution in [3.8, 4) is 0 Å². The lowest BCUT2D eigenvalue weighted by atomic mass is 10.0. The molecule has 6 nitrogen and oxygen atoms in total. The summed E-state index contributed by atoms with van der Waals surface area (Å²) in [6, 6.07) is 9.08. The van der Waals surface area contributed by atoms with Crippen LogP contribution in [0.3, 0.4) is 0 Å². The van der Waals surface area contributed by atoms with E-state index in [-0.39, 0.29) is 29.6 Å². The first-order valence-corrected chi connectivity index (χ1v) is 8.21. The zero-order valence-corrected chi connectivity index (χ0v) is 14.3. The second-order valence-electron chi connectivity index (χ2n) is 5.80. The number of hydrogen-bond acceptors (Lipinski definition) is 5. The zero-order valence-electron chi connectivity index (χ0n) is 13.4. The van der Waals surface area contributed by atoms with Crippen LogP contribution in [0.2, 0.25) is 0 Å². The molecule has 23 heavy (non-hydrogen) atoms. The molecule has 1 aromatic carbocycles. The van der Waals surface area contributed by atoms with Gasteiger partial charge in [-0.25, -0.2) is 0 Å². The van der Waals surface area contributed by atoms with Crippen molar-refractivity contribution in [1.82, 2.24) is 14.9 Å². The average Bonchev–Trinajstić information content (AvgIpc) is 3.07. The Balaban J connectivity index is 2.21. The standard InChI is InChI=1S/C16H20N4O2S/c1-4-16(2,3)17-14(21)10-20(12-8-6-5-7-9-12)15(22)13-11-23-19-18-13/h5-9,11H,4,10H2,1-3H3,(H,17,21). The highest BCUT2D eigenvalue weighted by atomic mass is 32.1. The smallest absolute Gasteiger partial charge is 0.280 e. The summed E-state index contributed by atoms with van der Waals surface area (Å²) >= 11 is 1.10. The quantitative estimate of drug-likeness (QED) is 0.882. The van der Waals surface area contributed by atoms with Gasteiger partial charge in [-0.3, -0.25) is 14.5 Å². The first kappa shape index (κ1) is 17.1. The van der Waals surface area contributed by atoms with Gasteiger partial charge in [-0.05, 0) is 43.9 Å². The van der Waals surface area contributed by atoms with Gasteiger partial charge < -0.3 is 5.32 Å². The molecule has 0 fully saturated rings. The zero-order chi connectivity index (χ0) is 16.9. The summed E-state index contributed by atoms with van der Waals surface area (Å²) in [7, 11) is 0. The molecule has 0 bridgehead atoms. The summed E-state index contributed by atoms with van der Waals surface area (Å²) in [5.74, 6) is -0.549. The molecular weight excluding hydrogens is 312 g/mol. The predicted molar refractivity (Wildman–Crippen MR) is 90.5 cm³/mol. The maximum atomic E-state index is 12.6. The topological polar surface area (TPSA) is 75.2 Å². The van der Waals surface area contributed by atoms with Crippen LogP contribution in [0.1, 0.15) is 37.7 Å². The predicted octanol–water partition coefficient (Wildman–Crippen LogP) is 2.49. The molecule has 0 aliphatic rings. The largest absolute Gasteiger partial charge is 0.350 e. The molecule has 2 rings (SSSR count). The number of hydrogen-bond donors (Lipinski definition) is 1. The molecule has 0 radical (unpaired) electrons. The minimum atomic E-state index is -0.339. The molecule has 0 saturated heterocycles. The van der Waals surface area contributed by atoms with E-state index in [0.717, 1.165) is 18.0 Å². The van der Waals surface area contributed by atoms with Gasteiger partial charge in [0.2, 0.25) is 5.91 Å². The van der Waals surface area contributed by atoms with Crippen molar-refractivity contribution in [3.05, 3.63) is 41.4 Å². The van der Waals surface area contributed by atoms with Crippen LogP contribution in [0, 0.1) is 0 Å². The summed E-state index contributed by atoms with van der Waals surface area (Å²) in [4.78, 5) is 26.4. The number of rotatable bonds is 6. The van der Waals surface area contributed by atoms with E-state index in [1.54, 1.807) is 17.5 Å². The molecule has 2 aromatic rings. The number of carbonyl (C=O) groups is 2. The van der Waals surface area contributed by atoms with Crippen LogP contribution in [-0.4, -0.2) is 33.5 Å². The Morgan fingerprint density at radius 1 is 1.26 bits per heavy atom. The third-order valence-electron chi connectivity index (χ3n) is 3.56. The number of para-hydroxylation sites is 1. The van der Waals surface area contributed by atoms with Crippen LogP contribution in [-0.2, 0) is 4.79 Å². The number of benzene rings is 1. The molecule has 1 heterocycles. The lowest BCUT2D eigenvalue weighted by molar-refractivity contribution is -0.121. The van der Waals surface area contributed by atoms with Gasteiger partial charge in [-0.15, -0.1) is 5.10 Å². The minimum absolute atomic E-state index is 0.0657. The van der Waals surface area contributed by atoms with Crippen molar-refractivity contribution >= 4 is 29.0 Å². The Kier molecular flexibility index (Phi) is 5.44. The number of carbonyl (C=O) groups excluding carboxylic acids is 2. The van der Waals surface area contributed by atoms with Crippen LogP contribution >= 0.6 is 11.5 Å². The van der Waals surface area contributed by atoms with E-state index < -0.39 is 0 Å². The van der Waals surface area contributed by atoms with Gasteiger partial charge in [0.15, 0.2) is 5.69 Å². The van der Waals surface area contributed by atoms with Crippen molar-refractivity contribution in [2.45, 2.75) is 32.7 Å². The van der Waals surface area contributed by atoms with E-state index in [2.05, 4.69) is 14.9 Å².